The molecule has 6 heteroatoms. The Morgan fingerprint density at radius 3 is 1.07 bits per heavy atom. The van der Waals surface area contributed by atoms with Crippen molar-refractivity contribution in [2.24, 2.45) is 0 Å². The minimum atomic E-state index is 0.748. The lowest BCUT2D eigenvalue weighted by Crippen LogP contribution is -2.11. The van der Waals surface area contributed by atoms with Gasteiger partial charge in [0.2, 0.25) is 0 Å². The first-order valence-electron chi connectivity index (χ1n) is 27.2. The third kappa shape index (κ3) is 6.66. The Morgan fingerprint density at radius 1 is 0.250 bits per heavy atom. The lowest BCUT2D eigenvalue weighted by atomic mass is 10.0. The van der Waals surface area contributed by atoms with Crippen molar-refractivity contribution in [3.63, 3.8) is 0 Å². The normalized spacial score (nSPS) is 12.0. The van der Waals surface area contributed by atoms with E-state index in [0.717, 1.165) is 122 Å². The molecule has 0 N–H and O–H groups in total. The topological polar surface area (TPSA) is 42.6 Å². The molecule has 4 heterocycles. The largest absolute Gasteiger partial charge is 0.452 e. The van der Waals surface area contributed by atoms with Gasteiger partial charge in [0.1, 0.15) is 11.2 Å². The molecule has 0 unspecified atom stereocenters. The van der Waals surface area contributed by atoms with Crippen LogP contribution in [-0.2, 0) is 0 Å². The Bertz CT molecular complexity index is 4970. The minimum Gasteiger partial charge on any atom is -0.452 e. The smallest absolute Gasteiger partial charge is 0.178 e. The highest BCUT2D eigenvalue weighted by molar-refractivity contribution is 6.22. The van der Waals surface area contributed by atoms with Gasteiger partial charge in [-0.2, -0.15) is 0 Å². The van der Waals surface area contributed by atoms with Crippen molar-refractivity contribution >= 4 is 143 Å². The van der Waals surface area contributed by atoms with E-state index in [0.29, 0.717) is 0 Å². The van der Waals surface area contributed by atoms with Crippen LogP contribution in [0.3, 0.4) is 0 Å². The molecule has 0 aliphatic heterocycles. The summed E-state index contributed by atoms with van der Waals surface area (Å²) in [7, 11) is 0. The molecule has 4 aromatic heterocycles. The molecular formula is C74H46N4O2. The van der Waals surface area contributed by atoms with Crippen LogP contribution in [0.4, 0.5) is 34.1 Å². The average Bonchev–Trinajstić information content (AvgIpc) is 4.41. The van der Waals surface area contributed by atoms with Gasteiger partial charge in [-0.15, -0.1) is 0 Å². The van der Waals surface area contributed by atoms with E-state index in [1.807, 2.05) is 0 Å². The molecule has 17 aromatic rings. The van der Waals surface area contributed by atoms with Crippen LogP contribution in [-0.4, -0.2) is 9.13 Å². The number of fused-ring (bicyclic) bond motifs is 15. The Balaban J connectivity index is 0.800. The van der Waals surface area contributed by atoms with Crippen LogP contribution in [0.1, 0.15) is 0 Å². The summed E-state index contributed by atoms with van der Waals surface area (Å²) in [5, 5.41) is 13.4. The molecule has 0 fully saturated rings. The summed E-state index contributed by atoms with van der Waals surface area (Å²) < 4.78 is 18.7. The molecular weight excluding hydrogens is 977 g/mol. The maximum absolute atomic E-state index is 6.95. The fraction of sp³-hybridized carbons (Fsp3) is 0. The van der Waals surface area contributed by atoms with E-state index < -0.39 is 0 Å². The van der Waals surface area contributed by atoms with Crippen molar-refractivity contribution in [2.45, 2.75) is 0 Å². The molecule has 13 aromatic carbocycles. The summed E-state index contributed by atoms with van der Waals surface area (Å²) in [5.41, 5.74) is 16.4. The van der Waals surface area contributed by atoms with Gasteiger partial charge in [0.15, 0.2) is 11.2 Å². The van der Waals surface area contributed by atoms with E-state index in [-0.39, 0.29) is 0 Å². The average molecular weight is 1020 g/mol. The standard InChI is InChI=1S/C74H46N4O2/c1-5-19-51(20-6-1)75(67-33-17-29-59-57-27-13-15-31-65(57)77(71(59)67)53-23-9-3-10-24-53)55-37-35-47-43-63-61-39-40-62-64-44-48-36-38-56(42-50(48)46-70(64)80-74(62)73(61)79-69(63)45-49(47)41-55)76(52-21-7-2-8-22-52)68-34-18-30-60-58-28-14-16-32-66(58)78(72(60)68)54-25-11-4-12-26-54/h1-46H. The fourth-order valence-corrected chi connectivity index (χ4v) is 12.9. The van der Waals surface area contributed by atoms with Crippen molar-refractivity contribution < 1.29 is 8.83 Å². The summed E-state index contributed by atoms with van der Waals surface area (Å²) in [6, 6.07) is 100. The quantitative estimate of drug-likeness (QED) is 0.152. The number of hydrogen-bond donors (Lipinski definition) is 0. The van der Waals surface area contributed by atoms with E-state index in [1.165, 1.54) is 32.6 Å². The van der Waals surface area contributed by atoms with Crippen molar-refractivity contribution in [1.29, 1.82) is 0 Å². The number of benzene rings is 13. The maximum Gasteiger partial charge on any atom is 0.178 e. The molecule has 0 aliphatic carbocycles. The zero-order valence-corrected chi connectivity index (χ0v) is 43.2. The van der Waals surface area contributed by atoms with E-state index in [9.17, 15) is 0 Å². The number of hydrogen-bond acceptors (Lipinski definition) is 4. The number of rotatable bonds is 8. The molecule has 0 atom stereocenters. The third-order valence-electron chi connectivity index (χ3n) is 16.4. The van der Waals surface area contributed by atoms with Gasteiger partial charge in [0.05, 0.1) is 33.4 Å². The highest BCUT2D eigenvalue weighted by Crippen LogP contribution is 2.48. The molecule has 0 spiro atoms. The van der Waals surface area contributed by atoms with Gasteiger partial charge in [-0.1, -0.05) is 146 Å². The molecule has 0 amide bonds. The van der Waals surface area contributed by atoms with E-state index in [2.05, 4.69) is 298 Å². The second-order valence-corrected chi connectivity index (χ2v) is 20.8. The Hall–Kier alpha value is -10.8. The molecule has 374 valence electrons. The van der Waals surface area contributed by atoms with E-state index in [4.69, 9.17) is 8.83 Å². The number of furan rings is 2. The number of para-hydroxylation sites is 8. The molecule has 17 rings (SSSR count). The zero-order chi connectivity index (χ0) is 52.4. The van der Waals surface area contributed by atoms with Crippen LogP contribution in [0.5, 0.6) is 0 Å². The Labute approximate surface area is 459 Å². The SMILES string of the molecule is c1ccc(N(c2ccc3cc4c(cc3c2)oc2c4ccc3c4cc5ccc(N(c6ccccc6)c6cccc7c8ccccc8n(-c8ccccc8)c67)cc5cc4oc32)c2cccc3c4ccccc4n(-c4ccccc4)c23)cc1. The molecule has 0 bridgehead atoms. The van der Waals surface area contributed by atoms with Gasteiger partial charge >= 0.3 is 0 Å². The lowest BCUT2D eigenvalue weighted by Gasteiger charge is -2.27. The fourth-order valence-electron chi connectivity index (χ4n) is 12.9. The second kappa shape index (κ2) is 17.3. The molecule has 0 saturated heterocycles. The summed E-state index contributed by atoms with van der Waals surface area (Å²) in [4.78, 5) is 4.78. The molecule has 0 radical (unpaired) electrons. The number of anilines is 6. The van der Waals surface area contributed by atoms with Crippen molar-refractivity contribution in [1.82, 2.24) is 9.13 Å². The van der Waals surface area contributed by atoms with Gasteiger partial charge in [-0.3, -0.25) is 0 Å². The van der Waals surface area contributed by atoms with Crippen LogP contribution in [0.2, 0.25) is 0 Å². The Kier molecular flexibility index (Phi) is 9.61. The first kappa shape index (κ1) is 44.3. The maximum atomic E-state index is 6.95. The summed E-state index contributed by atoms with van der Waals surface area (Å²) in [6.45, 7) is 0. The van der Waals surface area contributed by atoms with Gasteiger partial charge in [0.25, 0.3) is 0 Å². The van der Waals surface area contributed by atoms with Crippen molar-refractivity contribution in [2.75, 3.05) is 9.80 Å². The summed E-state index contributed by atoms with van der Waals surface area (Å²) >= 11 is 0. The predicted octanol–water partition coefficient (Wildman–Crippen LogP) is 20.9. The van der Waals surface area contributed by atoms with Crippen LogP contribution in [0.15, 0.2) is 288 Å². The van der Waals surface area contributed by atoms with Gasteiger partial charge in [-0.05, 0) is 155 Å². The van der Waals surface area contributed by atoms with Crippen LogP contribution in [0, 0.1) is 0 Å². The molecule has 80 heavy (non-hydrogen) atoms. The van der Waals surface area contributed by atoms with Crippen LogP contribution in [0.25, 0.3) is 120 Å². The van der Waals surface area contributed by atoms with E-state index in [1.54, 1.807) is 0 Å². The van der Waals surface area contributed by atoms with Crippen LogP contribution < -0.4 is 9.80 Å². The monoisotopic (exact) mass is 1020 g/mol. The minimum absolute atomic E-state index is 0.748. The summed E-state index contributed by atoms with van der Waals surface area (Å²) in [6.07, 6.45) is 0. The van der Waals surface area contributed by atoms with Crippen LogP contribution >= 0.6 is 0 Å². The Morgan fingerprint density at radius 2 is 0.637 bits per heavy atom. The highest BCUT2D eigenvalue weighted by atomic mass is 16.4. The van der Waals surface area contributed by atoms with E-state index >= 15 is 0 Å². The second-order valence-electron chi connectivity index (χ2n) is 20.8. The first-order chi connectivity index (χ1) is 39.7. The lowest BCUT2D eigenvalue weighted by molar-refractivity contribution is 0.634. The number of aromatic nitrogens is 2. The van der Waals surface area contributed by atoms with Gasteiger partial charge < -0.3 is 27.8 Å². The first-order valence-corrected chi connectivity index (χ1v) is 27.2. The zero-order valence-electron chi connectivity index (χ0n) is 43.2. The molecule has 0 saturated carbocycles. The predicted molar refractivity (Wildman–Crippen MR) is 334 cm³/mol. The molecule has 0 aliphatic rings. The van der Waals surface area contributed by atoms with Gasteiger partial charge in [0, 0.05) is 77.2 Å². The molecule has 6 nitrogen and oxygen atoms in total. The van der Waals surface area contributed by atoms with Crippen molar-refractivity contribution in [3.8, 4) is 11.4 Å². The highest BCUT2D eigenvalue weighted by Gasteiger charge is 2.25. The number of nitrogens with zero attached hydrogens (tertiary/aromatic N) is 4. The van der Waals surface area contributed by atoms with Gasteiger partial charge in [-0.25, -0.2) is 0 Å². The van der Waals surface area contributed by atoms with Crippen molar-refractivity contribution in [3.05, 3.63) is 279 Å². The third-order valence-corrected chi connectivity index (χ3v) is 16.4. The summed E-state index contributed by atoms with van der Waals surface area (Å²) in [5.74, 6) is 0.